The quantitative estimate of drug-likeness (QED) is 0.546. The van der Waals surface area contributed by atoms with E-state index in [1.54, 1.807) is 22.7 Å². The van der Waals surface area contributed by atoms with Crippen molar-refractivity contribution in [3.63, 3.8) is 0 Å². The zero-order valence-corrected chi connectivity index (χ0v) is 17.0. The summed E-state index contributed by atoms with van der Waals surface area (Å²) in [6.45, 7) is 3.32. The molecule has 1 saturated heterocycles. The average Bonchev–Trinajstić information content (AvgIpc) is 3.45. The summed E-state index contributed by atoms with van der Waals surface area (Å²) in [5, 5.41) is 9.01. The van der Waals surface area contributed by atoms with Crippen LogP contribution in [-0.2, 0) is 6.54 Å². The molecule has 152 valence electrons. The molecule has 1 aromatic carbocycles. The van der Waals surface area contributed by atoms with Crippen molar-refractivity contribution >= 4 is 22.2 Å². The van der Waals surface area contributed by atoms with Gasteiger partial charge in [0, 0.05) is 55.9 Å². The molecule has 0 unspecified atom stereocenters. The summed E-state index contributed by atoms with van der Waals surface area (Å²) in [4.78, 5) is 34.3. The molecule has 1 aliphatic heterocycles. The van der Waals surface area contributed by atoms with E-state index >= 15 is 0 Å². The number of carbonyl (C=O) groups excluding carboxylic acids is 1. The summed E-state index contributed by atoms with van der Waals surface area (Å²) in [6.07, 6.45) is 1.74. The van der Waals surface area contributed by atoms with Gasteiger partial charge in [0.05, 0.1) is 11.4 Å². The van der Waals surface area contributed by atoms with E-state index in [2.05, 4.69) is 20.1 Å². The lowest BCUT2D eigenvalue weighted by Gasteiger charge is -2.34. The van der Waals surface area contributed by atoms with E-state index < -0.39 is 0 Å². The molecule has 0 bridgehead atoms. The van der Waals surface area contributed by atoms with E-state index in [1.165, 1.54) is 11.3 Å². The first-order chi connectivity index (χ1) is 14.7. The summed E-state index contributed by atoms with van der Waals surface area (Å²) >= 11 is 1.45. The third kappa shape index (κ3) is 3.64. The Morgan fingerprint density at radius 1 is 1.10 bits per heavy atom. The number of benzene rings is 1. The molecule has 4 aromatic rings. The van der Waals surface area contributed by atoms with E-state index in [4.69, 9.17) is 0 Å². The van der Waals surface area contributed by atoms with Crippen molar-refractivity contribution in [2.24, 2.45) is 0 Å². The number of hydrogen-bond donors (Lipinski definition) is 1. The third-order valence-corrected chi connectivity index (χ3v) is 6.04. The predicted molar refractivity (Wildman–Crippen MR) is 115 cm³/mol. The normalized spacial score (nSPS) is 15.0. The fourth-order valence-electron chi connectivity index (χ4n) is 3.67. The minimum Gasteiger partial charge on any atom is -0.335 e. The van der Waals surface area contributed by atoms with E-state index in [0.717, 1.165) is 30.0 Å². The molecule has 0 aliphatic carbocycles. The number of thiazole rings is 1. The molecule has 1 fully saturated rings. The standard InChI is InChI=1S/C21H20N6O2S/c28-19-12-16(22-21-27(19)10-11-30-21)14-25-6-8-26(9-7-25)20(29)18-13-17(23-24-18)15-4-2-1-3-5-15/h1-5,10-13H,6-9,14H2,(H,23,24). The van der Waals surface area contributed by atoms with Crippen LogP contribution in [0.2, 0.25) is 0 Å². The molecule has 4 heterocycles. The number of fused-ring (bicyclic) bond motifs is 1. The average molecular weight is 420 g/mol. The maximum atomic E-state index is 12.9. The van der Waals surface area contributed by atoms with Crippen molar-refractivity contribution in [1.29, 1.82) is 0 Å². The van der Waals surface area contributed by atoms with Gasteiger partial charge in [-0.3, -0.25) is 24.0 Å². The maximum absolute atomic E-state index is 12.9. The first kappa shape index (κ1) is 18.7. The molecule has 0 atom stereocenters. The van der Waals surface area contributed by atoms with Crippen LogP contribution < -0.4 is 5.56 Å². The molecule has 1 aliphatic rings. The molecule has 5 rings (SSSR count). The number of rotatable bonds is 4. The Bertz CT molecular complexity index is 1240. The van der Waals surface area contributed by atoms with Gasteiger partial charge in [-0.2, -0.15) is 5.10 Å². The zero-order valence-electron chi connectivity index (χ0n) is 16.2. The van der Waals surface area contributed by atoms with Crippen LogP contribution in [0.15, 0.2) is 58.8 Å². The van der Waals surface area contributed by atoms with Crippen LogP contribution in [0.1, 0.15) is 16.2 Å². The highest BCUT2D eigenvalue weighted by atomic mass is 32.1. The SMILES string of the molecule is O=C(c1cc(-c2ccccc2)n[nH]1)N1CCN(Cc2cc(=O)n3ccsc3n2)CC1. The molecule has 0 spiro atoms. The number of amides is 1. The van der Waals surface area contributed by atoms with Gasteiger partial charge in [0.2, 0.25) is 0 Å². The van der Waals surface area contributed by atoms with Crippen LogP contribution in [0.3, 0.4) is 0 Å². The summed E-state index contributed by atoms with van der Waals surface area (Å²) < 4.78 is 1.55. The first-order valence-corrected chi connectivity index (χ1v) is 10.6. The molecular weight excluding hydrogens is 400 g/mol. The topological polar surface area (TPSA) is 86.6 Å². The third-order valence-electron chi connectivity index (χ3n) is 5.28. The van der Waals surface area contributed by atoms with E-state index in [9.17, 15) is 9.59 Å². The molecule has 8 nitrogen and oxygen atoms in total. The van der Waals surface area contributed by atoms with Gasteiger partial charge in [-0.05, 0) is 6.07 Å². The Morgan fingerprint density at radius 2 is 1.90 bits per heavy atom. The van der Waals surface area contributed by atoms with Crippen molar-refractivity contribution in [2.45, 2.75) is 6.54 Å². The van der Waals surface area contributed by atoms with E-state index in [-0.39, 0.29) is 11.5 Å². The van der Waals surface area contributed by atoms with Crippen LogP contribution in [0, 0.1) is 0 Å². The van der Waals surface area contributed by atoms with Crippen LogP contribution in [-0.4, -0.2) is 61.5 Å². The molecule has 3 aromatic heterocycles. The van der Waals surface area contributed by atoms with Gasteiger partial charge in [-0.1, -0.05) is 30.3 Å². The molecule has 1 N–H and O–H groups in total. The van der Waals surface area contributed by atoms with Gasteiger partial charge in [-0.15, -0.1) is 11.3 Å². The predicted octanol–water partition coefficient (Wildman–Crippen LogP) is 2.10. The number of nitrogens with zero attached hydrogens (tertiary/aromatic N) is 5. The van der Waals surface area contributed by atoms with Crippen molar-refractivity contribution < 1.29 is 4.79 Å². The molecule has 9 heteroatoms. The monoisotopic (exact) mass is 420 g/mol. The summed E-state index contributed by atoms with van der Waals surface area (Å²) in [5.74, 6) is -0.0410. The number of H-pyrrole nitrogens is 1. The summed E-state index contributed by atoms with van der Waals surface area (Å²) in [5.41, 5.74) is 2.95. The van der Waals surface area contributed by atoms with Gasteiger partial charge in [0.1, 0.15) is 5.69 Å². The van der Waals surface area contributed by atoms with Crippen molar-refractivity contribution in [1.82, 2.24) is 29.4 Å². The van der Waals surface area contributed by atoms with Gasteiger partial charge in [0.25, 0.3) is 11.5 Å². The summed E-state index contributed by atoms with van der Waals surface area (Å²) in [7, 11) is 0. The second kappa shape index (κ2) is 7.85. The maximum Gasteiger partial charge on any atom is 0.271 e. The Balaban J connectivity index is 1.22. The Labute approximate surface area is 176 Å². The molecule has 0 radical (unpaired) electrons. The van der Waals surface area contributed by atoms with Crippen LogP contribution >= 0.6 is 11.3 Å². The van der Waals surface area contributed by atoms with Gasteiger partial charge in [-0.25, -0.2) is 4.98 Å². The fourth-order valence-corrected chi connectivity index (χ4v) is 4.40. The first-order valence-electron chi connectivity index (χ1n) is 9.75. The highest BCUT2D eigenvalue weighted by molar-refractivity contribution is 7.15. The lowest BCUT2D eigenvalue weighted by molar-refractivity contribution is 0.0621. The van der Waals surface area contributed by atoms with Crippen LogP contribution in [0.5, 0.6) is 0 Å². The number of piperazine rings is 1. The fraction of sp³-hybridized carbons (Fsp3) is 0.238. The number of hydrogen-bond acceptors (Lipinski definition) is 6. The van der Waals surface area contributed by atoms with Gasteiger partial charge < -0.3 is 4.90 Å². The number of carbonyl (C=O) groups is 1. The lowest BCUT2D eigenvalue weighted by atomic mass is 10.1. The molecule has 30 heavy (non-hydrogen) atoms. The van der Waals surface area contributed by atoms with Crippen molar-refractivity contribution in [2.75, 3.05) is 26.2 Å². The minimum atomic E-state index is -0.0569. The Morgan fingerprint density at radius 3 is 2.70 bits per heavy atom. The Kier molecular flexibility index (Phi) is 4.89. The number of aromatic nitrogens is 4. The number of aromatic amines is 1. The largest absolute Gasteiger partial charge is 0.335 e. The van der Waals surface area contributed by atoms with Crippen LogP contribution in [0.4, 0.5) is 0 Å². The second-order valence-electron chi connectivity index (χ2n) is 7.24. The van der Waals surface area contributed by atoms with Crippen LogP contribution in [0.25, 0.3) is 16.2 Å². The van der Waals surface area contributed by atoms with E-state index in [1.807, 2.05) is 40.6 Å². The lowest BCUT2D eigenvalue weighted by Crippen LogP contribution is -2.48. The second-order valence-corrected chi connectivity index (χ2v) is 8.12. The summed E-state index contributed by atoms with van der Waals surface area (Å²) in [6, 6.07) is 13.2. The molecule has 0 saturated carbocycles. The molecular formula is C21H20N6O2S. The smallest absolute Gasteiger partial charge is 0.271 e. The minimum absolute atomic E-state index is 0.0410. The van der Waals surface area contributed by atoms with Gasteiger partial charge in [0.15, 0.2) is 4.96 Å². The van der Waals surface area contributed by atoms with Crippen molar-refractivity contribution in [3.8, 4) is 11.3 Å². The number of nitrogens with one attached hydrogen (secondary N) is 1. The highest BCUT2D eigenvalue weighted by Crippen LogP contribution is 2.18. The Hall–Kier alpha value is -3.30. The van der Waals surface area contributed by atoms with E-state index in [0.29, 0.717) is 30.3 Å². The zero-order chi connectivity index (χ0) is 20.5. The van der Waals surface area contributed by atoms with Crippen molar-refractivity contribution in [3.05, 3.63) is 75.8 Å². The molecule has 1 amide bonds. The highest BCUT2D eigenvalue weighted by Gasteiger charge is 2.24. The van der Waals surface area contributed by atoms with Gasteiger partial charge >= 0.3 is 0 Å².